The molecule has 0 N–H and O–H groups in total. The number of hydrogen-bond acceptors (Lipinski definition) is 6. The fraction of sp³-hybridized carbons (Fsp3) is 0.357. The van der Waals surface area contributed by atoms with Gasteiger partial charge in [-0.2, -0.15) is 0 Å². The Labute approximate surface area is 122 Å². The molecular formula is C14H15N5O2. The van der Waals surface area contributed by atoms with Gasteiger partial charge in [0.2, 0.25) is 0 Å². The zero-order valence-corrected chi connectivity index (χ0v) is 11.6. The van der Waals surface area contributed by atoms with Gasteiger partial charge in [-0.15, -0.1) is 0 Å². The molecule has 0 aromatic carbocycles. The quantitative estimate of drug-likeness (QED) is 0.811. The number of morpholine rings is 1. The van der Waals surface area contributed by atoms with Gasteiger partial charge in [-0.05, 0) is 13.0 Å². The van der Waals surface area contributed by atoms with E-state index in [4.69, 9.17) is 4.74 Å². The Morgan fingerprint density at radius 2 is 2.24 bits per heavy atom. The fourth-order valence-electron chi connectivity index (χ4n) is 2.18. The van der Waals surface area contributed by atoms with E-state index in [9.17, 15) is 4.79 Å². The Balaban J connectivity index is 1.75. The van der Waals surface area contributed by atoms with E-state index >= 15 is 0 Å². The summed E-state index contributed by atoms with van der Waals surface area (Å²) in [4.78, 5) is 30.6. The maximum absolute atomic E-state index is 12.4. The van der Waals surface area contributed by atoms with Gasteiger partial charge in [0.25, 0.3) is 5.91 Å². The minimum absolute atomic E-state index is 0.149. The maximum Gasteiger partial charge on any atom is 0.274 e. The van der Waals surface area contributed by atoms with Gasteiger partial charge < -0.3 is 9.64 Å². The summed E-state index contributed by atoms with van der Waals surface area (Å²) in [7, 11) is 0. The topological polar surface area (TPSA) is 81.1 Å². The van der Waals surface area contributed by atoms with Crippen molar-refractivity contribution < 1.29 is 9.53 Å². The molecule has 21 heavy (non-hydrogen) atoms. The van der Waals surface area contributed by atoms with Crippen LogP contribution in [0.5, 0.6) is 0 Å². The molecule has 0 spiro atoms. The molecule has 2 aromatic rings. The first-order chi connectivity index (χ1) is 10.2. The summed E-state index contributed by atoms with van der Waals surface area (Å²) in [5, 5.41) is 0. The van der Waals surface area contributed by atoms with Crippen LogP contribution in [0.2, 0.25) is 0 Å². The van der Waals surface area contributed by atoms with E-state index in [1.54, 1.807) is 17.3 Å². The predicted octanol–water partition coefficient (Wildman–Crippen LogP) is 0.789. The number of ether oxygens (including phenoxy) is 1. The van der Waals surface area contributed by atoms with Gasteiger partial charge in [0.05, 0.1) is 19.3 Å². The van der Waals surface area contributed by atoms with Crippen molar-refractivity contribution in [3.63, 3.8) is 0 Å². The molecule has 1 aliphatic rings. The molecule has 3 rings (SSSR count). The van der Waals surface area contributed by atoms with Crippen LogP contribution in [0.4, 0.5) is 0 Å². The highest BCUT2D eigenvalue weighted by Gasteiger charge is 2.28. The minimum Gasteiger partial charge on any atom is -0.367 e. The third-order valence-corrected chi connectivity index (χ3v) is 3.24. The Morgan fingerprint density at radius 1 is 1.33 bits per heavy atom. The SMILES string of the molecule is Cc1ccnc([C@H]2CN(C(=O)c3cnccn3)CCO2)n1. The maximum atomic E-state index is 12.4. The molecule has 1 aliphatic heterocycles. The number of carbonyl (C=O) groups is 1. The molecule has 0 aliphatic carbocycles. The summed E-state index contributed by atoms with van der Waals surface area (Å²) >= 11 is 0. The van der Waals surface area contributed by atoms with Gasteiger partial charge in [0, 0.05) is 30.8 Å². The summed E-state index contributed by atoms with van der Waals surface area (Å²) in [5.41, 5.74) is 1.21. The van der Waals surface area contributed by atoms with Crippen LogP contribution in [0.3, 0.4) is 0 Å². The molecule has 7 nitrogen and oxygen atoms in total. The van der Waals surface area contributed by atoms with Crippen molar-refractivity contribution >= 4 is 5.91 Å². The molecule has 0 bridgehead atoms. The Kier molecular flexibility index (Phi) is 3.83. The number of nitrogens with zero attached hydrogens (tertiary/aromatic N) is 5. The van der Waals surface area contributed by atoms with E-state index in [1.807, 2.05) is 13.0 Å². The average molecular weight is 285 g/mol. The Bertz CT molecular complexity index is 634. The predicted molar refractivity (Wildman–Crippen MR) is 73.4 cm³/mol. The molecule has 3 heterocycles. The first-order valence-electron chi connectivity index (χ1n) is 6.70. The van der Waals surface area contributed by atoms with Crippen molar-refractivity contribution in [3.8, 4) is 0 Å². The zero-order chi connectivity index (χ0) is 14.7. The lowest BCUT2D eigenvalue weighted by molar-refractivity contribution is -0.0270. The van der Waals surface area contributed by atoms with Crippen molar-refractivity contribution in [2.75, 3.05) is 19.7 Å². The lowest BCUT2D eigenvalue weighted by Gasteiger charge is -2.31. The van der Waals surface area contributed by atoms with E-state index in [0.717, 1.165) is 5.69 Å². The van der Waals surface area contributed by atoms with Gasteiger partial charge in [-0.3, -0.25) is 9.78 Å². The highest BCUT2D eigenvalue weighted by molar-refractivity contribution is 5.92. The van der Waals surface area contributed by atoms with Gasteiger partial charge in [-0.1, -0.05) is 0 Å². The summed E-state index contributed by atoms with van der Waals surface area (Å²) in [6, 6.07) is 1.83. The lowest BCUT2D eigenvalue weighted by Crippen LogP contribution is -2.43. The summed E-state index contributed by atoms with van der Waals surface area (Å²) in [5.74, 6) is 0.454. The minimum atomic E-state index is -0.306. The molecule has 1 saturated heterocycles. The van der Waals surface area contributed by atoms with Crippen molar-refractivity contribution in [3.05, 3.63) is 48.1 Å². The van der Waals surface area contributed by atoms with Crippen LogP contribution >= 0.6 is 0 Å². The number of rotatable bonds is 2. The largest absolute Gasteiger partial charge is 0.367 e. The fourth-order valence-corrected chi connectivity index (χ4v) is 2.18. The Hall–Kier alpha value is -2.41. The normalized spacial score (nSPS) is 18.5. The van der Waals surface area contributed by atoms with Crippen LogP contribution in [0.25, 0.3) is 0 Å². The van der Waals surface area contributed by atoms with Crippen LogP contribution in [0, 0.1) is 6.92 Å². The van der Waals surface area contributed by atoms with Crippen LogP contribution in [-0.4, -0.2) is 50.4 Å². The Morgan fingerprint density at radius 3 is 3.00 bits per heavy atom. The highest BCUT2D eigenvalue weighted by atomic mass is 16.5. The zero-order valence-electron chi connectivity index (χ0n) is 11.6. The second-order valence-electron chi connectivity index (χ2n) is 4.76. The van der Waals surface area contributed by atoms with Crippen LogP contribution in [0.15, 0.2) is 30.9 Å². The number of aryl methyl sites for hydroxylation is 1. The van der Waals surface area contributed by atoms with Gasteiger partial charge in [0.1, 0.15) is 11.8 Å². The van der Waals surface area contributed by atoms with E-state index in [1.165, 1.54) is 12.4 Å². The van der Waals surface area contributed by atoms with Crippen molar-refractivity contribution in [1.29, 1.82) is 0 Å². The molecule has 1 atom stereocenters. The summed E-state index contributed by atoms with van der Waals surface area (Å²) < 4.78 is 5.68. The average Bonchev–Trinajstić information content (AvgIpc) is 2.55. The van der Waals surface area contributed by atoms with Crippen LogP contribution in [0.1, 0.15) is 28.1 Å². The van der Waals surface area contributed by atoms with Crippen molar-refractivity contribution in [1.82, 2.24) is 24.8 Å². The first kappa shape index (κ1) is 13.6. The molecule has 0 unspecified atom stereocenters. The summed E-state index contributed by atoms with van der Waals surface area (Å²) in [6.07, 6.45) is 5.91. The number of carbonyl (C=O) groups excluding carboxylic acids is 1. The van der Waals surface area contributed by atoms with E-state index in [0.29, 0.717) is 31.2 Å². The first-order valence-corrected chi connectivity index (χ1v) is 6.70. The van der Waals surface area contributed by atoms with E-state index in [-0.39, 0.29) is 12.0 Å². The molecule has 1 fully saturated rings. The smallest absolute Gasteiger partial charge is 0.274 e. The molecule has 2 aromatic heterocycles. The second-order valence-corrected chi connectivity index (χ2v) is 4.76. The van der Waals surface area contributed by atoms with Crippen molar-refractivity contribution in [2.24, 2.45) is 0 Å². The molecule has 108 valence electrons. The van der Waals surface area contributed by atoms with Gasteiger partial charge in [-0.25, -0.2) is 15.0 Å². The second kappa shape index (κ2) is 5.92. The molecule has 7 heteroatoms. The van der Waals surface area contributed by atoms with Crippen LogP contribution in [-0.2, 0) is 4.74 Å². The molecule has 0 radical (unpaired) electrons. The number of aromatic nitrogens is 4. The number of hydrogen-bond donors (Lipinski definition) is 0. The van der Waals surface area contributed by atoms with Gasteiger partial charge >= 0.3 is 0 Å². The summed E-state index contributed by atoms with van der Waals surface area (Å²) in [6.45, 7) is 3.29. The van der Waals surface area contributed by atoms with E-state index in [2.05, 4.69) is 19.9 Å². The molecule has 1 amide bonds. The standard InChI is InChI=1S/C14H15N5O2/c1-10-2-3-17-13(18-10)12-9-19(6-7-21-12)14(20)11-8-15-4-5-16-11/h2-5,8,12H,6-7,9H2,1H3/t12-/m1/s1. The highest BCUT2D eigenvalue weighted by Crippen LogP contribution is 2.20. The number of amides is 1. The van der Waals surface area contributed by atoms with E-state index < -0.39 is 0 Å². The molecule has 0 saturated carbocycles. The van der Waals surface area contributed by atoms with Crippen LogP contribution < -0.4 is 0 Å². The monoisotopic (exact) mass is 285 g/mol. The third kappa shape index (κ3) is 3.03. The lowest BCUT2D eigenvalue weighted by atomic mass is 10.2. The van der Waals surface area contributed by atoms with Crippen molar-refractivity contribution in [2.45, 2.75) is 13.0 Å². The van der Waals surface area contributed by atoms with Gasteiger partial charge in [0.15, 0.2) is 5.82 Å². The third-order valence-electron chi connectivity index (χ3n) is 3.24. The molecular weight excluding hydrogens is 270 g/mol.